The van der Waals surface area contributed by atoms with Crippen LogP contribution in [0.5, 0.6) is 0 Å². The Morgan fingerprint density at radius 1 is 1.57 bits per heavy atom. The number of rotatable bonds is 4. The van der Waals surface area contributed by atoms with Crippen LogP contribution in [0.3, 0.4) is 0 Å². The summed E-state index contributed by atoms with van der Waals surface area (Å²) in [6, 6.07) is 0. The minimum atomic E-state index is -2.81. The number of nitrogens with zero attached hydrogens (tertiary/aromatic N) is 1. The fourth-order valence-corrected chi connectivity index (χ4v) is 2.62. The predicted molar refractivity (Wildman–Crippen MR) is 61.7 cm³/mol. The molecule has 0 unspecified atom stereocenters. The molecular weight excluding hydrogens is 220 g/mol. The van der Waals surface area contributed by atoms with Gasteiger partial charge in [0.2, 0.25) is 0 Å². The Morgan fingerprint density at radius 3 is 2.93 bits per heavy atom. The molecular formula is C8H16N2O2S2. The molecule has 0 bridgehead atoms. The maximum atomic E-state index is 10.8. The summed E-state index contributed by atoms with van der Waals surface area (Å²) < 4.78 is 21.6. The lowest BCUT2D eigenvalue weighted by Crippen LogP contribution is -2.25. The lowest BCUT2D eigenvalue weighted by Gasteiger charge is -2.12. The summed E-state index contributed by atoms with van der Waals surface area (Å²) in [5, 5.41) is 4.11. The van der Waals surface area contributed by atoms with Crippen LogP contribution in [-0.4, -0.2) is 44.4 Å². The predicted octanol–water partition coefficient (Wildman–Crippen LogP) is 0.504. The second kappa shape index (κ2) is 5.60. The molecule has 0 aliphatic carbocycles. The van der Waals surface area contributed by atoms with Gasteiger partial charge in [0.25, 0.3) is 0 Å². The Hall–Kier alpha value is -0.230. The van der Waals surface area contributed by atoms with Crippen LogP contribution in [0.4, 0.5) is 0 Å². The molecule has 0 aromatic carbocycles. The monoisotopic (exact) mass is 236 g/mol. The highest BCUT2D eigenvalue weighted by Crippen LogP contribution is 2.09. The summed E-state index contributed by atoms with van der Waals surface area (Å²) in [6.07, 6.45) is 3.05. The molecule has 1 heterocycles. The van der Waals surface area contributed by atoms with Gasteiger partial charge in [0.1, 0.15) is 9.84 Å². The maximum Gasteiger partial charge on any atom is 0.156 e. The molecule has 1 rings (SSSR count). The first-order valence-corrected chi connectivity index (χ1v) is 7.71. The van der Waals surface area contributed by atoms with E-state index in [1.165, 1.54) is 6.26 Å². The highest BCUT2D eigenvalue weighted by molar-refractivity contribution is 8.13. The number of hydrogen-bond donors (Lipinski definition) is 1. The van der Waals surface area contributed by atoms with Gasteiger partial charge in [-0.15, -0.1) is 0 Å². The van der Waals surface area contributed by atoms with E-state index in [-0.39, 0.29) is 5.75 Å². The van der Waals surface area contributed by atoms with Crippen molar-refractivity contribution in [3.63, 3.8) is 0 Å². The number of thioether (sulfide) groups is 1. The van der Waals surface area contributed by atoms with E-state index in [1.807, 2.05) is 0 Å². The molecule has 0 aromatic heterocycles. The third kappa shape index (κ3) is 5.49. The van der Waals surface area contributed by atoms with Crippen LogP contribution < -0.4 is 5.32 Å². The van der Waals surface area contributed by atoms with Gasteiger partial charge in [-0.3, -0.25) is 4.99 Å². The highest BCUT2D eigenvalue weighted by atomic mass is 32.2. The summed E-state index contributed by atoms with van der Waals surface area (Å²) in [7, 11) is -2.81. The maximum absolute atomic E-state index is 10.8. The molecule has 6 heteroatoms. The lowest BCUT2D eigenvalue weighted by atomic mass is 10.5. The van der Waals surface area contributed by atoms with E-state index in [9.17, 15) is 8.42 Å². The van der Waals surface area contributed by atoms with Crippen LogP contribution >= 0.6 is 11.8 Å². The molecule has 1 aliphatic heterocycles. The van der Waals surface area contributed by atoms with Gasteiger partial charge >= 0.3 is 0 Å². The van der Waals surface area contributed by atoms with Crippen molar-refractivity contribution in [2.45, 2.75) is 12.8 Å². The second-order valence-electron chi connectivity index (χ2n) is 3.30. The fourth-order valence-electron chi connectivity index (χ4n) is 1.10. The normalized spacial score (nSPS) is 17.6. The van der Waals surface area contributed by atoms with Gasteiger partial charge in [-0.2, -0.15) is 0 Å². The number of hydrogen-bond acceptors (Lipinski definition) is 5. The molecule has 14 heavy (non-hydrogen) atoms. The molecule has 0 atom stereocenters. The third-order valence-electron chi connectivity index (χ3n) is 1.76. The van der Waals surface area contributed by atoms with E-state index in [0.29, 0.717) is 13.0 Å². The second-order valence-corrected chi connectivity index (χ2v) is 6.64. The molecule has 0 fully saturated rings. The zero-order valence-corrected chi connectivity index (χ0v) is 9.96. The van der Waals surface area contributed by atoms with Gasteiger partial charge in [0.05, 0.1) is 5.75 Å². The van der Waals surface area contributed by atoms with Gasteiger partial charge in [-0.05, 0) is 12.8 Å². The van der Waals surface area contributed by atoms with E-state index >= 15 is 0 Å². The van der Waals surface area contributed by atoms with Crippen LogP contribution in [0, 0.1) is 0 Å². The Kier molecular flexibility index (Phi) is 4.74. The van der Waals surface area contributed by atoms with Gasteiger partial charge < -0.3 is 5.32 Å². The quantitative estimate of drug-likeness (QED) is 0.722. The first-order valence-electron chi connectivity index (χ1n) is 4.67. The van der Waals surface area contributed by atoms with E-state index in [4.69, 9.17) is 0 Å². The minimum Gasteiger partial charge on any atom is -0.365 e. The number of amidine groups is 1. The molecule has 0 spiro atoms. The van der Waals surface area contributed by atoms with Crippen molar-refractivity contribution in [1.82, 2.24) is 5.32 Å². The molecule has 0 amide bonds. The first-order chi connectivity index (χ1) is 6.58. The number of sulfone groups is 1. The molecule has 1 N–H and O–H groups in total. The average Bonchev–Trinajstić information content (AvgIpc) is 2.13. The van der Waals surface area contributed by atoms with Crippen molar-refractivity contribution in [2.75, 3.05) is 30.9 Å². The SMILES string of the molecule is CS(=O)(=O)CCCNC1=NCCCS1. The Bertz CT molecular complexity index is 298. The van der Waals surface area contributed by atoms with Crippen LogP contribution in [0.2, 0.25) is 0 Å². The molecule has 0 aromatic rings. The van der Waals surface area contributed by atoms with E-state index in [1.54, 1.807) is 11.8 Å². The van der Waals surface area contributed by atoms with Gasteiger partial charge in [-0.1, -0.05) is 11.8 Å². The van der Waals surface area contributed by atoms with Crippen molar-refractivity contribution >= 4 is 26.8 Å². The third-order valence-corrected chi connectivity index (χ3v) is 3.83. The van der Waals surface area contributed by atoms with Crippen molar-refractivity contribution in [1.29, 1.82) is 0 Å². The number of aliphatic imine (C=N–C) groups is 1. The molecule has 0 saturated heterocycles. The summed E-state index contributed by atoms with van der Waals surface area (Å²) in [6.45, 7) is 1.58. The van der Waals surface area contributed by atoms with Crippen molar-refractivity contribution in [2.24, 2.45) is 4.99 Å². The van der Waals surface area contributed by atoms with E-state index in [2.05, 4.69) is 10.3 Å². The van der Waals surface area contributed by atoms with E-state index < -0.39 is 9.84 Å². The standard InChI is InChI=1S/C8H16N2O2S2/c1-14(11,12)7-3-5-10-8-9-4-2-6-13-8/h2-7H2,1H3,(H,9,10). The van der Waals surface area contributed by atoms with Crippen molar-refractivity contribution in [3.05, 3.63) is 0 Å². The van der Waals surface area contributed by atoms with Crippen molar-refractivity contribution in [3.8, 4) is 0 Å². The average molecular weight is 236 g/mol. The molecule has 0 radical (unpaired) electrons. The molecule has 1 aliphatic rings. The van der Waals surface area contributed by atoms with Crippen LogP contribution in [0.25, 0.3) is 0 Å². The van der Waals surface area contributed by atoms with Crippen LogP contribution in [0.1, 0.15) is 12.8 Å². The molecule has 82 valence electrons. The van der Waals surface area contributed by atoms with Gasteiger partial charge in [0, 0.05) is 25.1 Å². The molecule has 0 saturated carbocycles. The lowest BCUT2D eigenvalue weighted by molar-refractivity contribution is 0.598. The zero-order chi connectivity index (χ0) is 10.4. The Morgan fingerprint density at radius 2 is 2.36 bits per heavy atom. The number of nitrogens with one attached hydrogen (secondary N) is 1. The first kappa shape index (κ1) is 11.8. The zero-order valence-electron chi connectivity index (χ0n) is 8.32. The summed E-state index contributed by atoms with van der Waals surface area (Å²) in [4.78, 5) is 4.28. The summed E-state index contributed by atoms with van der Waals surface area (Å²) >= 11 is 1.71. The fraction of sp³-hybridized carbons (Fsp3) is 0.875. The van der Waals surface area contributed by atoms with Crippen LogP contribution in [0.15, 0.2) is 4.99 Å². The topological polar surface area (TPSA) is 58.5 Å². The largest absolute Gasteiger partial charge is 0.365 e. The van der Waals surface area contributed by atoms with Crippen molar-refractivity contribution < 1.29 is 8.42 Å². The van der Waals surface area contributed by atoms with E-state index in [0.717, 1.165) is 23.9 Å². The van der Waals surface area contributed by atoms with Crippen LogP contribution in [-0.2, 0) is 9.84 Å². The van der Waals surface area contributed by atoms with Gasteiger partial charge in [0.15, 0.2) is 5.17 Å². The summed E-state index contributed by atoms with van der Waals surface area (Å²) in [5.41, 5.74) is 0. The summed E-state index contributed by atoms with van der Waals surface area (Å²) in [5.74, 6) is 1.36. The minimum absolute atomic E-state index is 0.248. The Labute approximate surface area is 89.5 Å². The molecule has 4 nitrogen and oxygen atoms in total. The highest BCUT2D eigenvalue weighted by Gasteiger charge is 2.05. The smallest absolute Gasteiger partial charge is 0.156 e. The van der Waals surface area contributed by atoms with Gasteiger partial charge in [-0.25, -0.2) is 8.42 Å². The Balaban J connectivity index is 2.12.